The van der Waals surface area contributed by atoms with Crippen LogP contribution in [-0.2, 0) is 4.79 Å². The number of carbonyl (C=O) groups is 3. The van der Waals surface area contributed by atoms with Crippen LogP contribution in [0.4, 0.5) is 0 Å². The van der Waals surface area contributed by atoms with Crippen molar-refractivity contribution in [3.05, 3.63) is 70.7 Å². The molecule has 1 atom stereocenters. The topological polar surface area (TPSA) is 54.5 Å². The van der Waals surface area contributed by atoms with E-state index in [1.54, 1.807) is 41.3 Å². The van der Waals surface area contributed by atoms with Crippen molar-refractivity contribution in [2.75, 3.05) is 6.54 Å². The van der Waals surface area contributed by atoms with Gasteiger partial charge in [-0.15, -0.1) is 0 Å². The van der Waals surface area contributed by atoms with Gasteiger partial charge in [0.1, 0.15) is 0 Å². The molecular weight excluding hydrogens is 350 g/mol. The fourth-order valence-corrected chi connectivity index (χ4v) is 3.49. The van der Waals surface area contributed by atoms with Crippen molar-refractivity contribution >= 4 is 29.1 Å². The third-order valence-corrected chi connectivity index (χ3v) is 4.88. The van der Waals surface area contributed by atoms with Gasteiger partial charge in [-0.3, -0.25) is 14.4 Å². The second-order valence-corrected chi connectivity index (χ2v) is 6.85. The van der Waals surface area contributed by atoms with Crippen LogP contribution >= 0.6 is 11.6 Å². The van der Waals surface area contributed by atoms with Crippen molar-refractivity contribution in [3.8, 4) is 0 Å². The normalized spacial score (nSPS) is 16.5. The molecule has 2 aromatic carbocycles. The summed E-state index contributed by atoms with van der Waals surface area (Å²) in [6.45, 7) is 0.563. The fourth-order valence-electron chi connectivity index (χ4n) is 3.30. The summed E-state index contributed by atoms with van der Waals surface area (Å²) in [5, 5.41) is 0.496. The highest BCUT2D eigenvalue weighted by atomic mass is 35.5. The number of amides is 1. The standard InChI is InChI=1S/C21H20ClNO3/c22-17-9-4-8-16(14-17)19(24)11-12-20(25)23-13-5-10-18(23)21(26)15-6-2-1-3-7-15/h1-4,6-9,14,18H,5,10-13H2. The number of hydrogen-bond acceptors (Lipinski definition) is 3. The Balaban J connectivity index is 1.62. The number of Topliss-reactive ketones (excluding diaryl/α,β-unsaturated/α-hetero) is 2. The quantitative estimate of drug-likeness (QED) is 0.718. The van der Waals surface area contributed by atoms with E-state index >= 15 is 0 Å². The van der Waals surface area contributed by atoms with E-state index in [0.717, 1.165) is 6.42 Å². The van der Waals surface area contributed by atoms with E-state index in [-0.39, 0.29) is 30.3 Å². The molecule has 0 aliphatic carbocycles. The van der Waals surface area contributed by atoms with E-state index in [9.17, 15) is 14.4 Å². The Kier molecular flexibility index (Phi) is 5.84. The molecule has 134 valence electrons. The number of hydrogen-bond donors (Lipinski definition) is 0. The third kappa shape index (κ3) is 4.20. The Labute approximate surface area is 157 Å². The van der Waals surface area contributed by atoms with Gasteiger partial charge >= 0.3 is 0 Å². The minimum Gasteiger partial charge on any atom is -0.332 e. The summed E-state index contributed by atoms with van der Waals surface area (Å²) in [6.07, 6.45) is 1.69. The van der Waals surface area contributed by atoms with Gasteiger partial charge < -0.3 is 4.90 Å². The van der Waals surface area contributed by atoms with Gasteiger partial charge in [-0.2, -0.15) is 0 Å². The summed E-state index contributed by atoms with van der Waals surface area (Å²) < 4.78 is 0. The Morgan fingerprint density at radius 3 is 2.42 bits per heavy atom. The number of nitrogens with zero attached hydrogens (tertiary/aromatic N) is 1. The maximum Gasteiger partial charge on any atom is 0.223 e. The van der Waals surface area contributed by atoms with Crippen molar-refractivity contribution < 1.29 is 14.4 Å². The van der Waals surface area contributed by atoms with Crippen molar-refractivity contribution in [1.29, 1.82) is 0 Å². The zero-order valence-corrected chi connectivity index (χ0v) is 15.1. The first-order valence-electron chi connectivity index (χ1n) is 8.74. The molecule has 1 unspecified atom stereocenters. The van der Waals surface area contributed by atoms with Crippen molar-refractivity contribution in [1.82, 2.24) is 4.90 Å². The van der Waals surface area contributed by atoms with E-state index in [0.29, 0.717) is 29.1 Å². The Bertz CT molecular complexity index is 819. The maximum atomic E-state index is 12.7. The molecule has 0 saturated carbocycles. The molecule has 3 rings (SSSR count). The largest absolute Gasteiger partial charge is 0.332 e. The first kappa shape index (κ1) is 18.3. The van der Waals surface area contributed by atoms with Gasteiger partial charge in [0.2, 0.25) is 5.91 Å². The van der Waals surface area contributed by atoms with Crippen LogP contribution in [0, 0.1) is 0 Å². The maximum absolute atomic E-state index is 12.7. The first-order chi connectivity index (χ1) is 12.6. The number of rotatable bonds is 6. The molecule has 0 aromatic heterocycles. The molecular formula is C21H20ClNO3. The van der Waals surface area contributed by atoms with Crippen LogP contribution in [0.2, 0.25) is 5.02 Å². The minimum atomic E-state index is -0.425. The summed E-state index contributed by atoms with van der Waals surface area (Å²) in [5.74, 6) is -0.296. The van der Waals surface area contributed by atoms with Gasteiger partial charge in [0.25, 0.3) is 0 Å². The minimum absolute atomic E-state index is 0.0300. The molecule has 2 aromatic rings. The molecule has 1 heterocycles. The predicted octanol–water partition coefficient (Wildman–Crippen LogP) is 4.18. The predicted molar refractivity (Wildman–Crippen MR) is 101 cm³/mol. The third-order valence-electron chi connectivity index (χ3n) is 4.65. The smallest absolute Gasteiger partial charge is 0.223 e. The van der Waals surface area contributed by atoms with E-state index in [4.69, 9.17) is 11.6 Å². The number of likely N-dealkylation sites (tertiary alicyclic amines) is 1. The second kappa shape index (κ2) is 8.28. The zero-order valence-electron chi connectivity index (χ0n) is 14.4. The number of ketones is 2. The van der Waals surface area contributed by atoms with Gasteiger partial charge in [0.15, 0.2) is 11.6 Å². The lowest BCUT2D eigenvalue weighted by Gasteiger charge is -2.23. The number of halogens is 1. The lowest BCUT2D eigenvalue weighted by Crippen LogP contribution is -2.40. The second-order valence-electron chi connectivity index (χ2n) is 6.41. The molecule has 0 N–H and O–H groups in total. The summed E-state index contributed by atoms with van der Waals surface area (Å²) in [7, 11) is 0. The van der Waals surface area contributed by atoms with E-state index < -0.39 is 6.04 Å². The molecule has 1 aliphatic rings. The lowest BCUT2D eigenvalue weighted by molar-refractivity contribution is -0.131. The van der Waals surface area contributed by atoms with Crippen LogP contribution in [0.3, 0.4) is 0 Å². The first-order valence-corrected chi connectivity index (χ1v) is 9.11. The highest BCUT2D eigenvalue weighted by Gasteiger charge is 2.34. The highest BCUT2D eigenvalue weighted by molar-refractivity contribution is 6.31. The summed E-state index contributed by atoms with van der Waals surface area (Å²) in [5.41, 5.74) is 1.12. The van der Waals surface area contributed by atoms with Gasteiger partial charge in [-0.25, -0.2) is 0 Å². The van der Waals surface area contributed by atoms with E-state index in [2.05, 4.69) is 0 Å². The molecule has 1 amide bonds. The van der Waals surface area contributed by atoms with Crippen LogP contribution in [-0.4, -0.2) is 35.0 Å². The van der Waals surface area contributed by atoms with E-state index in [1.165, 1.54) is 0 Å². The van der Waals surface area contributed by atoms with Gasteiger partial charge in [-0.05, 0) is 25.0 Å². The van der Waals surface area contributed by atoms with E-state index in [1.807, 2.05) is 18.2 Å². The molecule has 0 bridgehead atoms. The summed E-state index contributed by atoms with van der Waals surface area (Å²) in [4.78, 5) is 39.2. The molecule has 5 heteroatoms. The molecule has 1 aliphatic heterocycles. The number of benzene rings is 2. The molecule has 4 nitrogen and oxygen atoms in total. The monoisotopic (exact) mass is 369 g/mol. The van der Waals surface area contributed by atoms with Gasteiger partial charge in [-0.1, -0.05) is 54.1 Å². The average Bonchev–Trinajstić information content (AvgIpc) is 3.16. The van der Waals surface area contributed by atoms with Crippen molar-refractivity contribution in [2.24, 2.45) is 0 Å². The Morgan fingerprint density at radius 1 is 0.962 bits per heavy atom. The number of carbonyl (C=O) groups excluding carboxylic acids is 3. The van der Waals surface area contributed by atoms with Gasteiger partial charge in [0, 0.05) is 35.5 Å². The summed E-state index contributed by atoms with van der Waals surface area (Å²) in [6, 6.07) is 15.3. The van der Waals surface area contributed by atoms with Crippen molar-refractivity contribution in [3.63, 3.8) is 0 Å². The van der Waals surface area contributed by atoms with Crippen LogP contribution in [0.1, 0.15) is 46.4 Å². The van der Waals surface area contributed by atoms with Crippen LogP contribution < -0.4 is 0 Å². The Morgan fingerprint density at radius 2 is 1.69 bits per heavy atom. The molecule has 26 heavy (non-hydrogen) atoms. The lowest BCUT2D eigenvalue weighted by atomic mass is 10.0. The molecule has 1 saturated heterocycles. The fraction of sp³-hybridized carbons (Fsp3) is 0.286. The highest BCUT2D eigenvalue weighted by Crippen LogP contribution is 2.23. The molecule has 0 radical (unpaired) electrons. The molecule has 0 spiro atoms. The summed E-state index contributed by atoms with van der Waals surface area (Å²) >= 11 is 5.90. The molecule has 1 fully saturated rings. The van der Waals surface area contributed by atoms with Crippen molar-refractivity contribution in [2.45, 2.75) is 31.7 Å². The van der Waals surface area contributed by atoms with Crippen LogP contribution in [0.5, 0.6) is 0 Å². The average molecular weight is 370 g/mol. The zero-order chi connectivity index (χ0) is 18.5. The SMILES string of the molecule is O=C(CCC(=O)N1CCCC1C(=O)c1ccccc1)c1cccc(Cl)c1. The van der Waals surface area contributed by atoms with Crippen LogP contribution in [0.15, 0.2) is 54.6 Å². The van der Waals surface area contributed by atoms with Crippen LogP contribution in [0.25, 0.3) is 0 Å². The van der Waals surface area contributed by atoms with Gasteiger partial charge in [0.05, 0.1) is 6.04 Å². The Hall–Kier alpha value is -2.46.